The van der Waals surface area contributed by atoms with E-state index in [-0.39, 0.29) is 11.7 Å². The number of hydrogen-bond donors (Lipinski definition) is 2. The number of rotatable bonds is 5. The second-order valence-electron chi connectivity index (χ2n) is 5.42. The Bertz CT molecular complexity index is 746. The molecule has 0 heterocycles. The summed E-state index contributed by atoms with van der Waals surface area (Å²) in [6.45, 7) is 5.36. The molecule has 1 amide bonds. The Labute approximate surface area is 136 Å². The molecular weight excluding hydrogens is 288 g/mol. The summed E-state index contributed by atoms with van der Waals surface area (Å²) in [5.74, 6) is -0.140. The quantitative estimate of drug-likeness (QED) is 0.646. The molecule has 0 atom stereocenters. The summed E-state index contributed by atoms with van der Waals surface area (Å²) in [6, 6.07) is 13.1. The third kappa shape index (κ3) is 4.81. The van der Waals surface area contributed by atoms with Crippen LogP contribution in [0, 0.1) is 13.8 Å². The molecule has 0 saturated carbocycles. The van der Waals surface area contributed by atoms with Crippen molar-refractivity contribution in [2.75, 3.05) is 10.6 Å². The van der Waals surface area contributed by atoms with E-state index in [1.54, 1.807) is 18.3 Å². The lowest BCUT2D eigenvalue weighted by molar-refractivity contribution is -0.114. The van der Waals surface area contributed by atoms with E-state index >= 15 is 0 Å². The van der Waals surface area contributed by atoms with Crippen LogP contribution in [-0.4, -0.2) is 11.7 Å². The first-order valence-electron chi connectivity index (χ1n) is 7.38. The predicted octanol–water partition coefficient (Wildman–Crippen LogP) is 4.07. The van der Waals surface area contributed by atoms with Crippen molar-refractivity contribution in [3.05, 3.63) is 71.4 Å². The van der Waals surface area contributed by atoms with E-state index < -0.39 is 0 Å². The maximum Gasteiger partial charge on any atom is 0.221 e. The highest BCUT2D eigenvalue weighted by Gasteiger charge is 2.05. The Morgan fingerprint density at radius 3 is 2.26 bits per heavy atom. The van der Waals surface area contributed by atoms with Crippen LogP contribution >= 0.6 is 0 Å². The lowest BCUT2D eigenvalue weighted by Gasteiger charge is -2.05. The smallest absolute Gasteiger partial charge is 0.221 e. The number of allylic oxidation sites excluding steroid dienone is 1. The van der Waals surface area contributed by atoms with Gasteiger partial charge < -0.3 is 10.6 Å². The second kappa shape index (κ2) is 7.40. The number of anilines is 2. The summed E-state index contributed by atoms with van der Waals surface area (Å²) < 4.78 is 0. The molecule has 0 aliphatic heterocycles. The van der Waals surface area contributed by atoms with E-state index in [1.165, 1.54) is 13.0 Å². The normalized spacial score (nSPS) is 10.6. The highest BCUT2D eigenvalue weighted by atomic mass is 16.1. The van der Waals surface area contributed by atoms with Crippen molar-refractivity contribution in [3.8, 4) is 0 Å². The maximum absolute atomic E-state index is 12.2. The molecule has 2 rings (SSSR count). The van der Waals surface area contributed by atoms with Crippen molar-refractivity contribution in [2.45, 2.75) is 20.8 Å². The fraction of sp³-hybridized carbons (Fsp3) is 0.158. The highest BCUT2D eigenvalue weighted by Crippen LogP contribution is 2.14. The Morgan fingerprint density at radius 2 is 1.61 bits per heavy atom. The van der Waals surface area contributed by atoms with E-state index in [0.717, 1.165) is 22.5 Å². The first kappa shape index (κ1) is 16.5. The van der Waals surface area contributed by atoms with Gasteiger partial charge in [0.1, 0.15) is 0 Å². The van der Waals surface area contributed by atoms with Crippen LogP contribution in [0.15, 0.2) is 54.7 Å². The number of carbonyl (C=O) groups is 2. The zero-order valence-electron chi connectivity index (χ0n) is 13.5. The zero-order chi connectivity index (χ0) is 16.8. The van der Waals surface area contributed by atoms with Gasteiger partial charge in [0, 0.05) is 36.1 Å². The Morgan fingerprint density at radius 1 is 0.957 bits per heavy atom. The lowest BCUT2D eigenvalue weighted by Crippen LogP contribution is -2.05. The average Bonchev–Trinajstić information content (AvgIpc) is 2.51. The van der Waals surface area contributed by atoms with Gasteiger partial charge in [-0.05, 0) is 49.7 Å². The Kier molecular flexibility index (Phi) is 5.31. The van der Waals surface area contributed by atoms with E-state index in [9.17, 15) is 9.59 Å². The van der Waals surface area contributed by atoms with Gasteiger partial charge in [0.25, 0.3) is 0 Å². The minimum absolute atomic E-state index is 0.0337. The van der Waals surface area contributed by atoms with Crippen LogP contribution in [0.25, 0.3) is 0 Å². The maximum atomic E-state index is 12.2. The number of benzene rings is 2. The molecule has 0 fully saturated rings. The molecule has 2 aromatic carbocycles. The molecule has 4 nitrogen and oxygen atoms in total. The number of amides is 1. The summed E-state index contributed by atoms with van der Waals surface area (Å²) in [5.41, 5.74) is 4.31. The molecule has 0 radical (unpaired) electrons. The average molecular weight is 308 g/mol. The second-order valence-corrected chi connectivity index (χ2v) is 5.42. The van der Waals surface area contributed by atoms with Crippen LogP contribution in [0.4, 0.5) is 11.4 Å². The predicted molar refractivity (Wildman–Crippen MR) is 93.8 cm³/mol. The fourth-order valence-corrected chi connectivity index (χ4v) is 2.16. The molecule has 0 spiro atoms. The van der Waals surface area contributed by atoms with Crippen LogP contribution in [-0.2, 0) is 4.79 Å². The SMILES string of the molecule is CC(=O)Nc1ccc(N/C=C/C(=O)c2cc(C)ccc2C)cc1. The Balaban J connectivity index is 1.99. The largest absolute Gasteiger partial charge is 0.362 e. The van der Waals surface area contributed by atoms with Crippen molar-refractivity contribution in [2.24, 2.45) is 0 Å². The minimum Gasteiger partial charge on any atom is -0.362 e. The first-order valence-corrected chi connectivity index (χ1v) is 7.38. The number of carbonyl (C=O) groups excluding carboxylic acids is 2. The van der Waals surface area contributed by atoms with Crippen LogP contribution in [0.1, 0.15) is 28.4 Å². The fourth-order valence-electron chi connectivity index (χ4n) is 2.16. The van der Waals surface area contributed by atoms with Gasteiger partial charge >= 0.3 is 0 Å². The van der Waals surface area contributed by atoms with Gasteiger partial charge in [-0.25, -0.2) is 0 Å². The van der Waals surface area contributed by atoms with Crippen molar-refractivity contribution >= 4 is 23.1 Å². The van der Waals surface area contributed by atoms with Crippen LogP contribution < -0.4 is 10.6 Å². The lowest BCUT2D eigenvalue weighted by atomic mass is 10.0. The molecule has 4 heteroatoms. The van der Waals surface area contributed by atoms with Gasteiger partial charge in [-0.15, -0.1) is 0 Å². The zero-order valence-corrected chi connectivity index (χ0v) is 13.5. The topological polar surface area (TPSA) is 58.2 Å². The molecule has 0 aromatic heterocycles. The molecule has 0 unspecified atom stereocenters. The minimum atomic E-state index is -0.107. The van der Waals surface area contributed by atoms with Crippen molar-refractivity contribution < 1.29 is 9.59 Å². The summed E-state index contributed by atoms with van der Waals surface area (Å²) in [7, 11) is 0. The van der Waals surface area contributed by atoms with Crippen molar-refractivity contribution in [1.82, 2.24) is 0 Å². The van der Waals surface area contributed by atoms with E-state index in [1.807, 2.05) is 44.2 Å². The van der Waals surface area contributed by atoms with Gasteiger partial charge in [0.15, 0.2) is 5.78 Å². The molecule has 0 aliphatic rings. The summed E-state index contributed by atoms with van der Waals surface area (Å²) in [4.78, 5) is 23.2. The Hall–Kier alpha value is -2.88. The van der Waals surface area contributed by atoms with Gasteiger partial charge in [0.05, 0.1) is 0 Å². The van der Waals surface area contributed by atoms with Gasteiger partial charge in [-0.2, -0.15) is 0 Å². The number of ketones is 1. The summed E-state index contributed by atoms with van der Waals surface area (Å²) >= 11 is 0. The third-order valence-electron chi connectivity index (χ3n) is 3.35. The molecule has 2 aromatic rings. The first-order chi connectivity index (χ1) is 11.0. The number of nitrogens with one attached hydrogen (secondary N) is 2. The monoisotopic (exact) mass is 308 g/mol. The molecule has 2 N–H and O–H groups in total. The summed E-state index contributed by atoms with van der Waals surface area (Å²) in [6.07, 6.45) is 3.14. The molecule has 118 valence electrons. The van der Waals surface area contributed by atoms with E-state index in [4.69, 9.17) is 0 Å². The van der Waals surface area contributed by atoms with Gasteiger partial charge in [-0.3, -0.25) is 9.59 Å². The third-order valence-corrected chi connectivity index (χ3v) is 3.35. The number of aryl methyl sites for hydroxylation is 2. The van der Waals surface area contributed by atoms with Gasteiger partial charge in [-0.1, -0.05) is 17.7 Å². The molecule has 0 bridgehead atoms. The van der Waals surface area contributed by atoms with E-state index in [0.29, 0.717) is 5.56 Å². The highest BCUT2D eigenvalue weighted by molar-refractivity contribution is 6.05. The number of hydrogen-bond acceptors (Lipinski definition) is 3. The summed E-state index contributed by atoms with van der Waals surface area (Å²) in [5, 5.41) is 5.75. The van der Waals surface area contributed by atoms with Crippen LogP contribution in [0.5, 0.6) is 0 Å². The van der Waals surface area contributed by atoms with Crippen LogP contribution in [0.2, 0.25) is 0 Å². The van der Waals surface area contributed by atoms with Crippen molar-refractivity contribution in [1.29, 1.82) is 0 Å². The van der Waals surface area contributed by atoms with E-state index in [2.05, 4.69) is 10.6 Å². The molecule has 0 saturated heterocycles. The van der Waals surface area contributed by atoms with Gasteiger partial charge in [0.2, 0.25) is 5.91 Å². The molecule has 23 heavy (non-hydrogen) atoms. The standard InChI is InChI=1S/C19H20N2O2/c1-13-4-5-14(2)18(12-13)19(23)10-11-20-16-6-8-17(9-7-16)21-15(3)22/h4-12,20H,1-3H3,(H,21,22)/b11-10+. The van der Waals surface area contributed by atoms with Crippen LogP contribution in [0.3, 0.4) is 0 Å². The molecular formula is C19H20N2O2. The molecule has 0 aliphatic carbocycles. The van der Waals surface area contributed by atoms with Crippen molar-refractivity contribution in [3.63, 3.8) is 0 Å².